The number of aromatic nitrogens is 1. The fraction of sp³-hybridized carbons (Fsp3) is 0.333. The molecule has 0 bridgehead atoms. The average molecular weight is 383 g/mol. The number of hydrogen-bond acceptors (Lipinski definition) is 4. The summed E-state index contributed by atoms with van der Waals surface area (Å²) in [6.07, 6.45) is 3.67. The van der Waals surface area contributed by atoms with Crippen LogP contribution in [0.4, 0.5) is 11.5 Å². The fourth-order valence-corrected chi connectivity index (χ4v) is 3.01. The molecule has 7 heteroatoms. The van der Waals surface area contributed by atoms with Gasteiger partial charge >= 0.3 is 0 Å². The Bertz CT molecular complexity index is 667. The lowest BCUT2D eigenvalue weighted by Crippen LogP contribution is -2.39. The number of rotatable bonds is 4. The number of nitrogens with two attached hydrogens (primary N) is 1. The van der Waals surface area contributed by atoms with Gasteiger partial charge in [0.1, 0.15) is 5.82 Å². The highest BCUT2D eigenvalue weighted by Crippen LogP contribution is 2.23. The maximum Gasteiger partial charge on any atom is 0.255 e. The first-order chi connectivity index (χ1) is 11.2. The summed E-state index contributed by atoms with van der Waals surface area (Å²) in [5.41, 5.74) is 7.43. The van der Waals surface area contributed by atoms with E-state index in [0.717, 1.165) is 30.9 Å². The Morgan fingerprint density at radius 1 is 1.24 bits per heavy atom. The van der Waals surface area contributed by atoms with Gasteiger partial charge < -0.3 is 15.5 Å². The van der Waals surface area contributed by atoms with Crippen molar-refractivity contribution in [2.45, 2.75) is 18.9 Å². The van der Waals surface area contributed by atoms with Crippen molar-refractivity contribution in [1.29, 1.82) is 0 Å². The van der Waals surface area contributed by atoms with Crippen molar-refractivity contribution in [2.24, 2.45) is 5.73 Å². The molecular weight excluding hydrogens is 359 g/mol. The molecule has 1 unspecified atom stereocenters. The minimum Gasteiger partial charge on any atom is -0.334 e. The number of carbonyl (C=O) groups is 1. The van der Waals surface area contributed by atoms with Gasteiger partial charge in [-0.2, -0.15) is 0 Å². The topological polar surface area (TPSA) is 62.5 Å². The predicted octanol–water partition coefficient (Wildman–Crippen LogP) is 3.26. The summed E-state index contributed by atoms with van der Waals surface area (Å²) in [6, 6.07) is 13.9. The largest absolute Gasteiger partial charge is 0.334 e. The van der Waals surface area contributed by atoms with Crippen LogP contribution in [-0.4, -0.2) is 42.0 Å². The van der Waals surface area contributed by atoms with Gasteiger partial charge in [-0.25, -0.2) is 4.98 Å². The Morgan fingerprint density at radius 3 is 2.56 bits per heavy atom. The second kappa shape index (κ2) is 9.61. The molecule has 0 aliphatic carbocycles. The number of nitrogens with zero attached hydrogens (tertiary/aromatic N) is 3. The zero-order valence-electron chi connectivity index (χ0n) is 14.2. The summed E-state index contributed by atoms with van der Waals surface area (Å²) < 4.78 is 0. The van der Waals surface area contributed by atoms with Crippen LogP contribution in [0.5, 0.6) is 0 Å². The Morgan fingerprint density at radius 2 is 1.96 bits per heavy atom. The standard InChI is InChI=1S/C18H22N4O.2ClH/c1-21(15-6-3-2-4-7-15)17-10-9-14(13-20-17)18(23)22-11-5-8-16(22)12-19;;/h2-4,6-7,9-10,13,16H,5,8,11-12,19H2,1H3;2*1H. The number of carbonyl (C=O) groups excluding carboxylic acids is 1. The van der Waals surface area contributed by atoms with Crippen LogP contribution in [-0.2, 0) is 0 Å². The number of likely N-dealkylation sites (tertiary alicyclic amines) is 1. The van der Waals surface area contributed by atoms with E-state index in [-0.39, 0.29) is 36.8 Å². The lowest BCUT2D eigenvalue weighted by Gasteiger charge is -2.24. The van der Waals surface area contributed by atoms with Gasteiger partial charge in [0.15, 0.2) is 0 Å². The van der Waals surface area contributed by atoms with Crippen LogP contribution in [0.15, 0.2) is 48.7 Å². The average Bonchev–Trinajstić information content (AvgIpc) is 3.10. The number of pyridine rings is 1. The second-order valence-electron chi connectivity index (χ2n) is 5.83. The lowest BCUT2D eigenvalue weighted by molar-refractivity contribution is 0.0741. The number of hydrogen-bond donors (Lipinski definition) is 1. The second-order valence-corrected chi connectivity index (χ2v) is 5.83. The van der Waals surface area contributed by atoms with E-state index in [1.807, 2.05) is 59.3 Å². The molecule has 3 rings (SSSR count). The van der Waals surface area contributed by atoms with E-state index < -0.39 is 0 Å². The molecule has 1 aliphatic heterocycles. The summed E-state index contributed by atoms with van der Waals surface area (Å²) >= 11 is 0. The molecule has 5 nitrogen and oxygen atoms in total. The van der Waals surface area contributed by atoms with E-state index in [0.29, 0.717) is 12.1 Å². The van der Waals surface area contributed by atoms with Crippen LogP contribution < -0.4 is 10.6 Å². The SMILES string of the molecule is CN(c1ccccc1)c1ccc(C(=O)N2CCCC2CN)cn1.Cl.Cl. The first-order valence-electron chi connectivity index (χ1n) is 7.96. The third-order valence-electron chi connectivity index (χ3n) is 4.39. The monoisotopic (exact) mass is 382 g/mol. The Balaban J connectivity index is 0.00000156. The van der Waals surface area contributed by atoms with Gasteiger partial charge in [0.05, 0.1) is 5.56 Å². The van der Waals surface area contributed by atoms with E-state index >= 15 is 0 Å². The molecule has 2 N–H and O–H groups in total. The smallest absolute Gasteiger partial charge is 0.255 e. The van der Waals surface area contributed by atoms with Gasteiger partial charge in [0.2, 0.25) is 0 Å². The van der Waals surface area contributed by atoms with E-state index in [1.54, 1.807) is 6.20 Å². The molecule has 1 aromatic carbocycles. The highest BCUT2D eigenvalue weighted by atomic mass is 35.5. The highest BCUT2D eigenvalue weighted by molar-refractivity contribution is 5.94. The van der Waals surface area contributed by atoms with Gasteiger partial charge in [-0.3, -0.25) is 4.79 Å². The zero-order chi connectivity index (χ0) is 16.2. The van der Waals surface area contributed by atoms with Crippen molar-refractivity contribution < 1.29 is 4.79 Å². The molecule has 0 saturated carbocycles. The summed E-state index contributed by atoms with van der Waals surface area (Å²) in [4.78, 5) is 20.9. The van der Waals surface area contributed by atoms with Crippen molar-refractivity contribution in [1.82, 2.24) is 9.88 Å². The maximum atomic E-state index is 12.6. The summed E-state index contributed by atoms with van der Waals surface area (Å²) in [7, 11) is 1.96. The number of halogens is 2. The fourth-order valence-electron chi connectivity index (χ4n) is 3.01. The first kappa shape index (κ1) is 21.2. The molecule has 0 spiro atoms. The summed E-state index contributed by atoms with van der Waals surface area (Å²) in [6.45, 7) is 1.31. The Kier molecular flexibility index (Phi) is 8.16. The van der Waals surface area contributed by atoms with E-state index in [1.165, 1.54) is 0 Å². The minimum absolute atomic E-state index is 0. The highest BCUT2D eigenvalue weighted by Gasteiger charge is 2.28. The van der Waals surface area contributed by atoms with Gasteiger partial charge in [-0.15, -0.1) is 24.8 Å². The molecule has 1 fully saturated rings. The molecule has 2 aromatic rings. The van der Waals surface area contributed by atoms with Crippen LogP contribution in [0.2, 0.25) is 0 Å². The molecule has 2 heterocycles. The van der Waals surface area contributed by atoms with Crippen LogP contribution >= 0.6 is 24.8 Å². The molecule has 25 heavy (non-hydrogen) atoms. The minimum atomic E-state index is 0. The lowest BCUT2D eigenvalue weighted by atomic mass is 10.2. The van der Waals surface area contributed by atoms with Gasteiger partial charge in [-0.05, 0) is 37.1 Å². The third-order valence-corrected chi connectivity index (χ3v) is 4.39. The Labute approximate surface area is 161 Å². The number of amides is 1. The number of benzene rings is 1. The van der Waals surface area contributed by atoms with Crippen molar-refractivity contribution in [3.05, 3.63) is 54.2 Å². The molecule has 1 saturated heterocycles. The van der Waals surface area contributed by atoms with Crippen LogP contribution in [0.1, 0.15) is 23.2 Å². The number of para-hydroxylation sites is 1. The van der Waals surface area contributed by atoms with Gasteiger partial charge in [-0.1, -0.05) is 18.2 Å². The zero-order valence-corrected chi connectivity index (χ0v) is 15.8. The van der Waals surface area contributed by atoms with Crippen LogP contribution in [0, 0.1) is 0 Å². The molecule has 1 aliphatic rings. The molecule has 0 radical (unpaired) electrons. The normalized spacial score (nSPS) is 15.9. The summed E-state index contributed by atoms with van der Waals surface area (Å²) in [5, 5.41) is 0. The van der Waals surface area contributed by atoms with Crippen molar-refractivity contribution >= 4 is 42.2 Å². The summed E-state index contributed by atoms with van der Waals surface area (Å²) in [5.74, 6) is 0.837. The van der Waals surface area contributed by atoms with E-state index in [9.17, 15) is 4.79 Å². The third kappa shape index (κ3) is 4.63. The van der Waals surface area contributed by atoms with Crippen LogP contribution in [0.3, 0.4) is 0 Å². The molecule has 1 aromatic heterocycles. The predicted molar refractivity (Wildman–Crippen MR) is 106 cm³/mol. The molecule has 136 valence electrons. The van der Waals surface area contributed by atoms with E-state index in [4.69, 9.17) is 5.73 Å². The van der Waals surface area contributed by atoms with Crippen LogP contribution in [0.25, 0.3) is 0 Å². The van der Waals surface area contributed by atoms with Gasteiger partial charge in [0.25, 0.3) is 5.91 Å². The van der Waals surface area contributed by atoms with Crippen molar-refractivity contribution in [3.8, 4) is 0 Å². The van der Waals surface area contributed by atoms with Crippen molar-refractivity contribution in [3.63, 3.8) is 0 Å². The van der Waals surface area contributed by atoms with E-state index in [2.05, 4.69) is 4.98 Å². The first-order valence-corrected chi connectivity index (χ1v) is 7.96. The van der Waals surface area contributed by atoms with Gasteiger partial charge in [0, 0.05) is 38.1 Å². The number of anilines is 2. The molecular formula is C18H24Cl2N4O. The Hall–Kier alpha value is -1.82. The molecule has 1 atom stereocenters. The van der Waals surface area contributed by atoms with Crippen molar-refractivity contribution in [2.75, 3.05) is 25.0 Å². The molecule has 1 amide bonds. The quantitative estimate of drug-likeness (QED) is 0.881. The maximum absolute atomic E-state index is 12.6.